The molecule has 0 aliphatic heterocycles. The minimum atomic E-state index is -0.429. The van der Waals surface area contributed by atoms with Crippen molar-refractivity contribution in [2.45, 2.75) is 6.92 Å². The van der Waals surface area contributed by atoms with Gasteiger partial charge in [-0.1, -0.05) is 37.3 Å². The Morgan fingerprint density at radius 1 is 1.25 bits per heavy atom. The fraction of sp³-hybridized carbons (Fsp3) is 0.444. The Labute approximate surface area is 142 Å². The summed E-state index contributed by atoms with van der Waals surface area (Å²) in [6.45, 7) is 2.72. The first kappa shape index (κ1) is 19.9. The van der Waals surface area contributed by atoms with Crippen molar-refractivity contribution in [1.29, 1.82) is 0 Å². The molecule has 0 fully saturated rings. The van der Waals surface area contributed by atoms with Crippen molar-refractivity contribution in [3.05, 3.63) is 42.0 Å². The number of methoxy groups -OCH3 is 1. The fourth-order valence-corrected chi connectivity index (χ4v) is 2.08. The minimum Gasteiger partial charge on any atom is -0.469 e. The van der Waals surface area contributed by atoms with Crippen LogP contribution in [0.4, 0.5) is 0 Å². The Hall–Kier alpha value is -2.18. The van der Waals surface area contributed by atoms with E-state index in [0.29, 0.717) is 13.2 Å². The Morgan fingerprint density at radius 2 is 1.96 bits per heavy atom. The number of rotatable bonds is 10. The van der Waals surface area contributed by atoms with Crippen LogP contribution >= 0.6 is 0 Å². The van der Waals surface area contributed by atoms with Crippen molar-refractivity contribution in [3.8, 4) is 0 Å². The van der Waals surface area contributed by atoms with E-state index in [1.807, 2.05) is 30.3 Å². The first-order valence-corrected chi connectivity index (χ1v) is 7.87. The monoisotopic (exact) mass is 335 g/mol. The van der Waals surface area contributed by atoms with Crippen molar-refractivity contribution < 1.29 is 24.2 Å². The molecular formula is C18H25NO5. The molecule has 0 aliphatic rings. The molecule has 132 valence electrons. The van der Waals surface area contributed by atoms with Crippen LogP contribution in [-0.4, -0.2) is 61.9 Å². The van der Waals surface area contributed by atoms with Gasteiger partial charge in [0, 0.05) is 19.2 Å². The highest BCUT2D eigenvalue weighted by Gasteiger charge is 2.20. The van der Waals surface area contributed by atoms with Gasteiger partial charge in [-0.2, -0.15) is 0 Å². The second-order valence-electron chi connectivity index (χ2n) is 5.29. The van der Waals surface area contributed by atoms with Crippen LogP contribution in [0.1, 0.15) is 12.5 Å². The summed E-state index contributed by atoms with van der Waals surface area (Å²) in [7, 11) is 1.32. The van der Waals surface area contributed by atoms with E-state index >= 15 is 0 Å². The molecule has 0 heterocycles. The lowest BCUT2D eigenvalue weighted by Crippen LogP contribution is -2.38. The van der Waals surface area contributed by atoms with Gasteiger partial charge in [-0.25, -0.2) is 0 Å². The Kier molecular flexibility index (Phi) is 9.41. The third kappa shape index (κ3) is 7.39. The number of aliphatic hydroxyl groups excluding tert-OH is 1. The summed E-state index contributed by atoms with van der Waals surface area (Å²) in [5, 5.41) is 8.72. The van der Waals surface area contributed by atoms with Crippen LogP contribution in [0.25, 0.3) is 6.08 Å². The van der Waals surface area contributed by atoms with Crippen molar-refractivity contribution in [3.63, 3.8) is 0 Å². The molecule has 1 amide bonds. The molecule has 1 unspecified atom stereocenters. The quantitative estimate of drug-likeness (QED) is 0.397. The molecule has 0 saturated carbocycles. The summed E-state index contributed by atoms with van der Waals surface area (Å²) in [5.41, 5.74) is 0.920. The van der Waals surface area contributed by atoms with Crippen LogP contribution in [-0.2, 0) is 19.1 Å². The molecule has 6 heteroatoms. The minimum absolute atomic E-state index is 0.0690. The molecule has 0 radical (unpaired) electrons. The standard InChI is InChI=1S/C18H25NO5/c1-15(18(22)23-2)14-19(10-12-24-13-11-20)17(21)9-8-16-6-4-3-5-7-16/h3-9,15,20H,10-14H2,1-2H3/b9-8+. The Bertz CT molecular complexity index is 529. The van der Waals surface area contributed by atoms with Crippen LogP contribution in [0.5, 0.6) is 0 Å². The van der Waals surface area contributed by atoms with Gasteiger partial charge in [0.25, 0.3) is 0 Å². The van der Waals surface area contributed by atoms with E-state index in [9.17, 15) is 9.59 Å². The number of carbonyl (C=O) groups is 2. The first-order valence-electron chi connectivity index (χ1n) is 7.87. The lowest BCUT2D eigenvalue weighted by molar-refractivity contribution is -0.146. The summed E-state index contributed by atoms with van der Waals surface area (Å²) < 4.78 is 9.92. The van der Waals surface area contributed by atoms with Crippen LogP contribution in [0.2, 0.25) is 0 Å². The molecule has 1 rings (SSSR count). The summed E-state index contributed by atoms with van der Waals surface area (Å²) in [6.07, 6.45) is 3.21. The average molecular weight is 335 g/mol. The largest absolute Gasteiger partial charge is 0.469 e. The van der Waals surface area contributed by atoms with E-state index in [1.54, 1.807) is 17.9 Å². The van der Waals surface area contributed by atoms with E-state index < -0.39 is 5.92 Å². The van der Waals surface area contributed by atoms with Crippen LogP contribution in [0.15, 0.2) is 36.4 Å². The van der Waals surface area contributed by atoms with Gasteiger partial charge in [-0.05, 0) is 11.6 Å². The van der Waals surface area contributed by atoms with E-state index in [1.165, 1.54) is 13.2 Å². The highest BCUT2D eigenvalue weighted by molar-refractivity contribution is 5.92. The smallest absolute Gasteiger partial charge is 0.310 e. The predicted octanol–water partition coefficient (Wildman–Crippen LogP) is 1.35. The second kappa shape index (κ2) is 11.4. The molecule has 6 nitrogen and oxygen atoms in total. The predicted molar refractivity (Wildman–Crippen MR) is 91.1 cm³/mol. The van der Waals surface area contributed by atoms with Gasteiger partial charge >= 0.3 is 5.97 Å². The van der Waals surface area contributed by atoms with Crippen LogP contribution < -0.4 is 0 Å². The van der Waals surface area contributed by atoms with E-state index in [-0.39, 0.29) is 31.6 Å². The molecule has 0 saturated heterocycles. The van der Waals surface area contributed by atoms with E-state index in [2.05, 4.69) is 0 Å². The van der Waals surface area contributed by atoms with Crippen molar-refractivity contribution in [1.82, 2.24) is 4.90 Å². The molecule has 0 aliphatic carbocycles. The lowest BCUT2D eigenvalue weighted by Gasteiger charge is -2.23. The summed E-state index contributed by atoms with van der Waals surface area (Å²) >= 11 is 0. The molecule has 1 atom stereocenters. The summed E-state index contributed by atoms with van der Waals surface area (Å²) in [6, 6.07) is 9.49. The van der Waals surface area contributed by atoms with Gasteiger partial charge in [0.15, 0.2) is 0 Å². The number of carbonyl (C=O) groups excluding carboxylic acids is 2. The zero-order valence-corrected chi connectivity index (χ0v) is 14.2. The SMILES string of the molecule is COC(=O)C(C)CN(CCOCCO)C(=O)/C=C/c1ccccc1. The molecule has 0 spiro atoms. The lowest BCUT2D eigenvalue weighted by atomic mass is 10.1. The highest BCUT2D eigenvalue weighted by atomic mass is 16.5. The number of benzene rings is 1. The summed E-state index contributed by atoms with van der Waals surface area (Å²) in [5.74, 6) is -1.000. The van der Waals surface area contributed by atoms with Crippen LogP contribution in [0, 0.1) is 5.92 Å². The summed E-state index contributed by atoms with van der Waals surface area (Å²) in [4.78, 5) is 25.5. The maximum Gasteiger partial charge on any atom is 0.310 e. The molecule has 1 aromatic carbocycles. The number of esters is 1. The zero-order chi connectivity index (χ0) is 17.8. The molecule has 1 aromatic rings. The maximum atomic E-state index is 12.4. The van der Waals surface area contributed by atoms with Gasteiger partial charge in [0.1, 0.15) is 0 Å². The third-order valence-corrected chi connectivity index (χ3v) is 3.37. The van der Waals surface area contributed by atoms with E-state index in [4.69, 9.17) is 14.6 Å². The second-order valence-corrected chi connectivity index (χ2v) is 5.29. The third-order valence-electron chi connectivity index (χ3n) is 3.37. The van der Waals surface area contributed by atoms with Crippen molar-refractivity contribution in [2.75, 3.05) is 40.0 Å². The average Bonchev–Trinajstić information content (AvgIpc) is 2.62. The van der Waals surface area contributed by atoms with Crippen molar-refractivity contribution >= 4 is 18.0 Å². The molecule has 24 heavy (non-hydrogen) atoms. The topological polar surface area (TPSA) is 76.1 Å². The van der Waals surface area contributed by atoms with Gasteiger partial charge in [0.2, 0.25) is 5.91 Å². The molecule has 1 N–H and O–H groups in total. The van der Waals surface area contributed by atoms with Gasteiger partial charge in [0.05, 0.1) is 32.8 Å². The Morgan fingerprint density at radius 3 is 2.58 bits per heavy atom. The number of ether oxygens (including phenoxy) is 2. The number of amides is 1. The molecule has 0 aromatic heterocycles. The first-order chi connectivity index (χ1) is 11.6. The number of nitrogens with zero attached hydrogens (tertiary/aromatic N) is 1. The highest BCUT2D eigenvalue weighted by Crippen LogP contribution is 2.06. The molecule has 0 bridgehead atoms. The van der Waals surface area contributed by atoms with E-state index in [0.717, 1.165) is 5.56 Å². The maximum absolute atomic E-state index is 12.4. The number of hydrogen-bond donors (Lipinski definition) is 1. The van der Waals surface area contributed by atoms with Gasteiger partial charge in [-0.3, -0.25) is 9.59 Å². The Balaban J connectivity index is 2.68. The van der Waals surface area contributed by atoms with Crippen LogP contribution in [0.3, 0.4) is 0 Å². The van der Waals surface area contributed by atoms with Gasteiger partial charge < -0.3 is 19.5 Å². The zero-order valence-electron chi connectivity index (χ0n) is 14.2. The fourth-order valence-electron chi connectivity index (χ4n) is 2.08. The normalized spacial score (nSPS) is 12.1. The number of hydrogen-bond acceptors (Lipinski definition) is 5. The van der Waals surface area contributed by atoms with Crippen molar-refractivity contribution in [2.24, 2.45) is 5.92 Å². The molecular weight excluding hydrogens is 310 g/mol. The van der Waals surface area contributed by atoms with Gasteiger partial charge in [-0.15, -0.1) is 0 Å². The number of aliphatic hydroxyl groups is 1.